The molecule has 0 saturated carbocycles. The van der Waals surface area contributed by atoms with Crippen molar-refractivity contribution in [3.63, 3.8) is 0 Å². The Hall–Kier alpha value is -4.74. The van der Waals surface area contributed by atoms with Crippen LogP contribution in [0.4, 0.5) is 0 Å². The highest BCUT2D eigenvalue weighted by atomic mass is 32.2. The van der Waals surface area contributed by atoms with Crippen LogP contribution in [0.15, 0.2) is 107 Å². The maximum atomic E-state index is 13.9. The number of furan rings is 1. The number of aromatic hydroxyl groups is 1. The molecule has 1 heterocycles. The third-order valence-corrected chi connectivity index (χ3v) is 8.83. The summed E-state index contributed by atoms with van der Waals surface area (Å²) in [5, 5.41) is 15.3. The highest BCUT2D eigenvalue weighted by molar-refractivity contribution is 7.89. The zero-order valence-electron chi connectivity index (χ0n) is 26.0. The van der Waals surface area contributed by atoms with Crippen molar-refractivity contribution in [1.82, 2.24) is 15.4 Å². The molecule has 0 aliphatic heterocycles. The van der Waals surface area contributed by atoms with Gasteiger partial charge in [0.15, 0.2) is 5.76 Å². The topological polar surface area (TPSA) is 155 Å². The van der Waals surface area contributed by atoms with E-state index in [0.717, 1.165) is 5.56 Å². The van der Waals surface area contributed by atoms with Gasteiger partial charge in [0.1, 0.15) is 17.8 Å². The second kappa shape index (κ2) is 15.5. The van der Waals surface area contributed by atoms with Crippen LogP contribution in [0.25, 0.3) is 0 Å². The Morgan fingerprint density at radius 3 is 1.93 bits per heavy atom. The molecule has 11 heteroatoms. The summed E-state index contributed by atoms with van der Waals surface area (Å²) in [5.74, 6) is -1.60. The van der Waals surface area contributed by atoms with E-state index in [1.807, 2.05) is 26.8 Å². The van der Waals surface area contributed by atoms with Crippen molar-refractivity contribution >= 4 is 27.6 Å². The fourth-order valence-corrected chi connectivity index (χ4v) is 6.12. The molecule has 0 bridgehead atoms. The van der Waals surface area contributed by atoms with Crippen molar-refractivity contribution in [3.8, 4) is 5.75 Å². The summed E-state index contributed by atoms with van der Waals surface area (Å²) in [6.45, 7) is 5.67. The number of phenolic OH excluding ortho intramolecular Hbond substituents is 1. The van der Waals surface area contributed by atoms with E-state index >= 15 is 0 Å². The van der Waals surface area contributed by atoms with Crippen molar-refractivity contribution < 1.29 is 32.3 Å². The number of Topliss-reactive ketones (excluding diaryl/α,β-unsaturated/α-hetero) is 1. The number of hydrogen-bond donors (Lipinski definition) is 4. The number of sulfonamides is 1. The minimum absolute atomic E-state index is 0.00393. The molecule has 3 atom stereocenters. The van der Waals surface area contributed by atoms with E-state index in [4.69, 9.17) is 4.42 Å². The molecule has 3 unspecified atom stereocenters. The van der Waals surface area contributed by atoms with E-state index in [0.29, 0.717) is 17.5 Å². The normalized spacial score (nSPS) is 13.5. The summed E-state index contributed by atoms with van der Waals surface area (Å²) in [6.07, 6.45) is 1.71. The van der Waals surface area contributed by atoms with Gasteiger partial charge in [-0.25, -0.2) is 8.42 Å². The van der Waals surface area contributed by atoms with Crippen molar-refractivity contribution in [1.29, 1.82) is 0 Å². The number of nitrogens with one attached hydrogen (secondary N) is 3. The van der Waals surface area contributed by atoms with Crippen molar-refractivity contribution in [2.24, 2.45) is 5.92 Å². The highest BCUT2D eigenvalue weighted by Crippen LogP contribution is 2.16. The lowest BCUT2D eigenvalue weighted by atomic mass is 9.97. The lowest BCUT2D eigenvalue weighted by molar-refractivity contribution is -0.130. The van der Waals surface area contributed by atoms with E-state index in [9.17, 15) is 27.9 Å². The molecule has 242 valence electrons. The van der Waals surface area contributed by atoms with Crippen LogP contribution in [0.1, 0.15) is 47.5 Å². The van der Waals surface area contributed by atoms with Gasteiger partial charge in [0.05, 0.1) is 17.2 Å². The largest absolute Gasteiger partial charge is 0.508 e. The molecule has 0 spiro atoms. The van der Waals surface area contributed by atoms with Gasteiger partial charge >= 0.3 is 0 Å². The number of hydrogen-bond acceptors (Lipinski definition) is 7. The minimum atomic E-state index is -4.12. The first kappa shape index (κ1) is 34.1. The van der Waals surface area contributed by atoms with Crippen LogP contribution in [0.2, 0.25) is 0 Å². The Labute approximate surface area is 269 Å². The molecule has 2 amide bonds. The van der Waals surface area contributed by atoms with Crippen LogP contribution in [-0.2, 0) is 32.5 Å². The first-order valence-electron chi connectivity index (χ1n) is 15.0. The number of ketones is 1. The van der Waals surface area contributed by atoms with Crippen LogP contribution in [0.3, 0.4) is 0 Å². The Kier molecular flexibility index (Phi) is 11.5. The summed E-state index contributed by atoms with van der Waals surface area (Å²) in [7, 11) is -4.12. The molecular weight excluding hydrogens is 606 g/mol. The smallest absolute Gasteiger partial charge is 0.243 e. The number of benzene rings is 3. The van der Waals surface area contributed by atoms with Crippen LogP contribution in [0.5, 0.6) is 5.75 Å². The molecule has 4 aromatic rings. The van der Waals surface area contributed by atoms with E-state index in [1.165, 1.54) is 36.6 Å². The molecule has 4 N–H and O–H groups in total. The molecule has 10 nitrogen and oxygen atoms in total. The zero-order valence-corrected chi connectivity index (χ0v) is 26.8. The monoisotopic (exact) mass is 645 g/mol. The number of aryl methyl sites for hydroxylation is 1. The first-order chi connectivity index (χ1) is 21.9. The lowest BCUT2D eigenvalue weighted by Crippen LogP contribution is -2.57. The summed E-state index contributed by atoms with van der Waals surface area (Å²) >= 11 is 0. The number of carbonyl (C=O) groups is 3. The van der Waals surface area contributed by atoms with Crippen molar-refractivity contribution in [3.05, 3.63) is 120 Å². The summed E-state index contributed by atoms with van der Waals surface area (Å²) in [4.78, 5) is 41.0. The van der Waals surface area contributed by atoms with Gasteiger partial charge in [-0.2, -0.15) is 4.72 Å². The maximum absolute atomic E-state index is 13.9. The van der Waals surface area contributed by atoms with Crippen molar-refractivity contribution in [2.75, 3.05) is 0 Å². The highest BCUT2D eigenvalue weighted by Gasteiger charge is 2.32. The second-order valence-electron chi connectivity index (χ2n) is 11.6. The molecule has 3 aromatic carbocycles. The van der Waals surface area contributed by atoms with Gasteiger partial charge in [-0.3, -0.25) is 14.4 Å². The molecule has 0 saturated heterocycles. The van der Waals surface area contributed by atoms with Gasteiger partial charge in [0.25, 0.3) is 0 Å². The molecule has 0 aliphatic carbocycles. The fraction of sp³-hybridized carbons (Fsp3) is 0.286. The summed E-state index contributed by atoms with van der Waals surface area (Å²) < 4.78 is 34.6. The van der Waals surface area contributed by atoms with Crippen molar-refractivity contribution in [2.45, 2.75) is 63.1 Å². The van der Waals surface area contributed by atoms with Crippen LogP contribution >= 0.6 is 0 Å². The molecule has 46 heavy (non-hydrogen) atoms. The molecule has 0 aliphatic rings. The molecule has 4 rings (SSSR count). The summed E-state index contributed by atoms with van der Waals surface area (Å²) in [5.41, 5.74) is 2.20. The van der Waals surface area contributed by atoms with Gasteiger partial charge in [0.2, 0.25) is 27.6 Å². The zero-order chi connectivity index (χ0) is 33.3. The predicted molar refractivity (Wildman–Crippen MR) is 174 cm³/mol. The van der Waals surface area contributed by atoms with Gasteiger partial charge in [-0.15, -0.1) is 0 Å². The van der Waals surface area contributed by atoms with E-state index in [-0.39, 0.29) is 35.2 Å². The Morgan fingerprint density at radius 1 is 0.739 bits per heavy atom. The average Bonchev–Trinajstić information content (AvgIpc) is 3.56. The van der Waals surface area contributed by atoms with Crippen LogP contribution in [-0.4, -0.2) is 49.2 Å². The first-order valence-corrected chi connectivity index (χ1v) is 16.5. The Bertz CT molecular complexity index is 1700. The predicted octanol–water partition coefficient (Wildman–Crippen LogP) is 4.32. The Morgan fingerprint density at radius 2 is 1.33 bits per heavy atom. The van der Waals surface area contributed by atoms with E-state index < -0.39 is 45.7 Å². The quantitative estimate of drug-likeness (QED) is 0.140. The van der Waals surface area contributed by atoms with Gasteiger partial charge < -0.3 is 20.2 Å². The third-order valence-electron chi connectivity index (χ3n) is 7.34. The molecule has 0 fully saturated rings. The molecule has 0 radical (unpaired) electrons. The summed E-state index contributed by atoms with van der Waals surface area (Å²) in [6, 6.07) is 21.0. The number of carbonyl (C=O) groups excluding carboxylic acids is 3. The Balaban J connectivity index is 1.63. The number of phenols is 1. The molecule has 1 aromatic heterocycles. The average molecular weight is 646 g/mol. The minimum Gasteiger partial charge on any atom is -0.508 e. The standard InChI is InChI=1S/C35H39N3O7S/c1-23(2)20-29(33(40)32-10-7-19-45-32)36-34(41)30(21-26-13-15-27(39)16-14-26)37-35(42)31(22-25-8-5-4-6-9-25)38-46(43,44)28-17-11-24(3)12-18-28/h4-19,23,29-31,38-39H,20-22H2,1-3H3,(H,36,41)(H,37,42). The maximum Gasteiger partial charge on any atom is 0.243 e. The van der Waals surface area contributed by atoms with Crippen LogP contribution in [0, 0.1) is 12.8 Å². The molecular formula is C35H39N3O7S. The van der Waals surface area contributed by atoms with E-state index in [1.54, 1.807) is 54.6 Å². The number of amides is 2. The number of rotatable bonds is 15. The van der Waals surface area contributed by atoms with Gasteiger partial charge in [-0.1, -0.05) is 74.0 Å². The van der Waals surface area contributed by atoms with Gasteiger partial charge in [-0.05, 0) is 73.2 Å². The third kappa shape index (κ3) is 9.63. The lowest BCUT2D eigenvalue weighted by Gasteiger charge is -2.26. The fourth-order valence-electron chi connectivity index (χ4n) is 4.93. The second-order valence-corrected chi connectivity index (χ2v) is 13.4. The van der Waals surface area contributed by atoms with E-state index in [2.05, 4.69) is 15.4 Å². The van der Waals surface area contributed by atoms with Gasteiger partial charge in [0, 0.05) is 6.42 Å². The van der Waals surface area contributed by atoms with Crippen LogP contribution < -0.4 is 15.4 Å². The SMILES string of the molecule is Cc1ccc(S(=O)(=O)NC(Cc2ccccc2)C(=O)NC(Cc2ccc(O)cc2)C(=O)NC(CC(C)C)C(=O)c2ccco2)cc1.